The first kappa shape index (κ1) is 12.9. The molecule has 1 aromatic carbocycles. The van der Waals surface area contributed by atoms with Crippen molar-refractivity contribution in [1.82, 2.24) is 4.90 Å². The molecule has 1 saturated carbocycles. The molecule has 0 spiro atoms. The summed E-state index contributed by atoms with van der Waals surface area (Å²) < 4.78 is 0.850. The van der Waals surface area contributed by atoms with Crippen LogP contribution >= 0.6 is 27.5 Å². The maximum Gasteiger partial charge on any atom is 0.317 e. The van der Waals surface area contributed by atoms with Crippen LogP contribution in [0, 0.1) is 0 Å². The fourth-order valence-electron chi connectivity index (χ4n) is 1.80. The number of carbonyl (C=O) groups is 1. The minimum Gasteiger partial charge on any atom is -0.480 e. The molecule has 1 aliphatic carbocycles. The zero-order valence-electron chi connectivity index (χ0n) is 9.20. The van der Waals surface area contributed by atoms with Crippen molar-refractivity contribution in [1.29, 1.82) is 0 Å². The summed E-state index contributed by atoms with van der Waals surface area (Å²) in [6.45, 7) is 0.762. The highest BCUT2D eigenvalue weighted by molar-refractivity contribution is 9.10. The summed E-state index contributed by atoms with van der Waals surface area (Å²) in [5, 5.41) is 9.54. The molecule has 3 nitrogen and oxygen atoms in total. The summed E-state index contributed by atoms with van der Waals surface area (Å²) in [7, 11) is 0. The number of aliphatic carboxylic acids is 1. The normalized spacial score (nSPS) is 15.2. The van der Waals surface area contributed by atoms with E-state index in [1.54, 1.807) is 0 Å². The highest BCUT2D eigenvalue weighted by Crippen LogP contribution is 2.29. The molecule has 0 aromatic heterocycles. The van der Waals surface area contributed by atoms with Gasteiger partial charge >= 0.3 is 5.97 Å². The number of rotatable bonds is 5. The Kier molecular flexibility index (Phi) is 4.07. The van der Waals surface area contributed by atoms with E-state index in [9.17, 15) is 4.79 Å². The van der Waals surface area contributed by atoms with Crippen LogP contribution in [0.3, 0.4) is 0 Å². The number of benzene rings is 1. The molecule has 0 aliphatic heterocycles. The van der Waals surface area contributed by atoms with Crippen LogP contribution in [0.2, 0.25) is 5.02 Å². The Morgan fingerprint density at radius 1 is 1.53 bits per heavy atom. The Balaban J connectivity index is 2.06. The molecule has 1 N–H and O–H groups in total. The van der Waals surface area contributed by atoms with Crippen LogP contribution in [0.4, 0.5) is 0 Å². The van der Waals surface area contributed by atoms with Crippen LogP contribution in [-0.2, 0) is 11.3 Å². The van der Waals surface area contributed by atoms with E-state index in [2.05, 4.69) is 15.9 Å². The molecule has 0 atom stereocenters. The number of hydrogen-bond donors (Lipinski definition) is 1. The topological polar surface area (TPSA) is 40.5 Å². The lowest BCUT2D eigenvalue weighted by molar-refractivity contribution is -0.138. The summed E-state index contributed by atoms with van der Waals surface area (Å²) in [4.78, 5) is 12.8. The van der Waals surface area contributed by atoms with Crippen LogP contribution in [0.25, 0.3) is 0 Å². The third-order valence-corrected chi connectivity index (χ3v) is 3.99. The number of hydrogen-bond acceptors (Lipinski definition) is 2. The molecule has 17 heavy (non-hydrogen) atoms. The van der Waals surface area contributed by atoms with Crippen LogP contribution in [-0.4, -0.2) is 28.6 Å². The van der Waals surface area contributed by atoms with Crippen LogP contribution < -0.4 is 0 Å². The van der Waals surface area contributed by atoms with E-state index in [0.29, 0.717) is 17.6 Å². The molecule has 0 radical (unpaired) electrons. The molecule has 1 aromatic rings. The minimum atomic E-state index is -0.773. The first-order valence-corrected chi connectivity index (χ1v) is 6.63. The number of carboxylic acids is 1. The summed E-state index contributed by atoms with van der Waals surface area (Å²) in [5.74, 6) is -0.773. The summed E-state index contributed by atoms with van der Waals surface area (Å²) in [6.07, 6.45) is 2.20. The zero-order valence-corrected chi connectivity index (χ0v) is 11.5. The van der Waals surface area contributed by atoms with Gasteiger partial charge in [-0.3, -0.25) is 9.69 Å². The van der Waals surface area contributed by atoms with Crippen LogP contribution in [0.1, 0.15) is 18.4 Å². The van der Waals surface area contributed by atoms with Gasteiger partial charge in [0.25, 0.3) is 0 Å². The van der Waals surface area contributed by atoms with Crippen LogP contribution in [0.15, 0.2) is 22.7 Å². The largest absolute Gasteiger partial charge is 0.480 e. The van der Waals surface area contributed by atoms with Crippen LogP contribution in [0.5, 0.6) is 0 Å². The first-order valence-electron chi connectivity index (χ1n) is 5.46. The third kappa shape index (κ3) is 3.69. The van der Waals surface area contributed by atoms with Gasteiger partial charge in [-0.1, -0.05) is 17.7 Å². The second-order valence-corrected chi connectivity index (χ2v) is 5.54. The van der Waals surface area contributed by atoms with Gasteiger partial charge in [0.15, 0.2) is 0 Å². The Morgan fingerprint density at radius 3 is 2.76 bits per heavy atom. The molecule has 0 amide bonds. The summed E-state index contributed by atoms with van der Waals surface area (Å²) >= 11 is 9.29. The smallest absolute Gasteiger partial charge is 0.317 e. The van der Waals surface area contributed by atoms with Crippen molar-refractivity contribution in [2.45, 2.75) is 25.4 Å². The van der Waals surface area contributed by atoms with E-state index in [4.69, 9.17) is 16.7 Å². The average Bonchev–Trinajstić information content (AvgIpc) is 3.05. The molecule has 5 heteroatoms. The summed E-state index contributed by atoms with van der Waals surface area (Å²) in [5.41, 5.74) is 1.08. The number of halogens is 2. The number of nitrogens with zero attached hydrogens (tertiary/aromatic N) is 1. The van der Waals surface area contributed by atoms with Gasteiger partial charge in [0.1, 0.15) is 0 Å². The molecular weight excluding hydrogens is 305 g/mol. The Morgan fingerprint density at radius 2 is 2.24 bits per heavy atom. The molecule has 1 aliphatic rings. The second kappa shape index (κ2) is 5.38. The van der Waals surface area contributed by atoms with Gasteiger partial charge in [-0.05, 0) is 46.5 Å². The average molecular weight is 319 g/mol. The van der Waals surface area contributed by atoms with Gasteiger partial charge in [-0.15, -0.1) is 0 Å². The second-order valence-electron chi connectivity index (χ2n) is 4.28. The van der Waals surface area contributed by atoms with Crippen molar-refractivity contribution in [3.05, 3.63) is 33.3 Å². The van der Waals surface area contributed by atoms with Crippen molar-refractivity contribution in [2.75, 3.05) is 6.54 Å². The Bertz CT molecular complexity index is 435. The molecule has 2 rings (SSSR count). The Labute approximate surface area is 114 Å². The van der Waals surface area contributed by atoms with Gasteiger partial charge in [0.2, 0.25) is 0 Å². The van der Waals surface area contributed by atoms with Gasteiger partial charge < -0.3 is 5.11 Å². The minimum absolute atomic E-state index is 0.102. The molecule has 1 fully saturated rings. The van der Waals surface area contributed by atoms with E-state index < -0.39 is 5.97 Å². The maximum absolute atomic E-state index is 10.8. The van der Waals surface area contributed by atoms with Gasteiger partial charge in [0.05, 0.1) is 11.6 Å². The Hall–Kier alpha value is -0.580. The van der Waals surface area contributed by atoms with E-state index in [-0.39, 0.29) is 6.54 Å². The third-order valence-electron chi connectivity index (χ3n) is 2.77. The van der Waals surface area contributed by atoms with Crippen molar-refractivity contribution in [3.8, 4) is 0 Å². The molecule has 0 heterocycles. The molecule has 0 unspecified atom stereocenters. The quantitative estimate of drug-likeness (QED) is 0.906. The van der Waals surface area contributed by atoms with Gasteiger partial charge in [-0.25, -0.2) is 0 Å². The van der Waals surface area contributed by atoms with Gasteiger partial charge in [-0.2, -0.15) is 0 Å². The fraction of sp³-hybridized carbons (Fsp3) is 0.417. The SMILES string of the molecule is O=C(O)CN(Cc1ccc(Cl)c(Br)c1)C1CC1. The maximum atomic E-state index is 10.8. The highest BCUT2D eigenvalue weighted by Gasteiger charge is 2.30. The zero-order chi connectivity index (χ0) is 12.4. The van der Waals surface area contributed by atoms with E-state index in [0.717, 1.165) is 22.9 Å². The van der Waals surface area contributed by atoms with Crippen molar-refractivity contribution in [2.24, 2.45) is 0 Å². The van der Waals surface area contributed by atoms with Gasteiger partial charge in [0, 0.05) is 17.1 Å². The molecular formula is C12H13BrClNO2. The molecule has 92 valence electrons. The van der Waals surface area contributed by atoms with Crippen molar-refractivity contribution >= 4 is 33.5 Å². The summed E-state index contributed by atoms with van der Waals surface area (Å²) in [6, 6.07) is 6.14. The lowest BCUT2D eigenvalue weighted by atomic mass is 10.2. The predicted octanol–water partition coefficient (Wildman–Crippen LogP) is 3.15. The van der Waals surface area contributed by atoms with Crippen molar-refractivity contribution < 1.29 is 9.90 Å². The first-order chi connectivity index (χ1) is 8.06. The standard InChI is InChI=1S/C12H13BrClNO2/c13-10-5-8(1-4-11(10)14)6-15(7-12(16)17)9-2-3-9/h1,4-5,9H,2-3,6-7H2,(H,16,17). The fourth-order valence-corrected chi connectivity index (χ4v) is 2.34. The van der Waals surface area contributed by atoms with E-state index in [1.807, 2.05) is 23.1 Å². The highest BCUT2D eigenvalue weighted by atomic mass is 79.9. The monoisotopic (exact) mass is 317 g/mol. The van der Waals surface area contributed by atoms with Crippen molar-refractivity contribution in [3.63, 3.8) is 0 Å². The lowest BCUT2D eigenvalue weighted by Crippen LogP contribution is -2.31. The molecule has 0 saturated heterocycles. The lowest BCUT2D eigenvalue weighted by Gasteiger charge is -2.19. The van der Waals surface area contributed by atoms with E-state index in [1.165, 1.54) is 0 Å². The predicted molar refractivity (Wildman–Crippen MR) is 70.2 cm³/mol. The van der Waals surface area contributed by atoms with E-state index >= 15 is 0 Å². The number of carboxylic acid groups (broad SMARTS) is 1. The molecule has 0 bridgehead atoms.